The van der Waals surface area contributed by atoms with Crippen LogP contribution in [0.5, 0.6) is 5.75 Å². The van der Waals surface area contributed by atoms with E-state index < -0.39 is 5.54 Å². The topological polar surface area (TPSA) is 29.5 Å². The zero-order valence-electron chi connectivity index (χ0n) is 10.9. The van der Waals surface area contributed by atoms with Gasteiger partial charge in [0, 0.05) is 12.0 Å². The van der Waals surface area contributed by atoms with Gasteiger partial charge in [0.25, 0.3) is 0 Å². The number of hydrogen-bond acceptors (Lipinski definition) is 3. The Morgan fingerprint density at radius 2 is 2.06 bits per heavy atom. The van der Waals surface area contributed by atoms with Crippen LogP contribution >= 0.6 is 0 Å². The minimum absolute atomic E-state index is 0.150. The summed E-state index contributed by atoms with van der Waals surface area (Å²) in [6.45, 7) is 4.61. The van der Waals surface area contributed by atoms with Gasteiger partial charge in [0.2, 0.25) is 0 Å². The third kappa shape index (κ3) is 2.07. The first-order valence-corrected chi connectivity index (χ1v) is 5.91. The van der Waals surface area contributed by atoms with E-state index in [9.17, 15) is 4.79 Å². The number of ketones is 1. The highest BCUT2D eigenvalue weighted by Crippen LogP contribution is 2.28. The summed E-state index contributed by atoms with van der Waals surface area (Å²) in [4.78, 5) is 14.4. The van der Waals surface area contributed by atoms with Gasteiger partial charge >= 0.3 is 0 Å². The predicted octanol–water partition coefficient (Wildman–Crippen LogP) is 2.14. The molecule has 3 nitrogen and oxygen atoms in total. The van der Waals surface area contributed by atoms with Crippen LogP contribution in [0.1, 0.15) is 29.8 Å². The highest BCUT2D eigenvalue weighted by atomic mass is 16.5. The summed E-state index contributed by atoms with van der Waals surface area (Å²) in [7, 11) is 3.85. The molecule has 0 aromatic heterocycles. The fourth-order valence-electron chi connectivity index (χ4n) is 1.88. The molecular weight excluding hydrogens is 214 g/mol. The molecule has 0 unspecified atom stereocenters. The van der Waals surface area contributed by atoms with Crippen LogP contribution in [0.4, 0.5) is 0 Å². The molecule has 0 spiro atoms. The fourth-order valence-corrected chi connectivity index (χ4v) is 1.88. The molecular formula is C14H19NO2. The van der Waals surface area contributed by atoms with Crippen molar-refractivity contribution in [1.29, 1.82) is 0 Å². The Labute approximate surface area is 102 Å². The number of nitrogens with zero attached hydrogens (tertiary/aromatic N) is 1. The van der Waals surface area contributed by atoms with E-state index in [-0.39, 0.29) is 5.78 Å². The van der Waals surface area contributed by atoms with Crippen LogP contribution in [0, 0.1) is 0 Å². The molecule has 0 saturated heterocycles. The van der Waals surface area contributed by atoms with E-state index in [1.165, 1.54) is 0 Å². The summed E-state index contributed by atoms with van der Waals surface area (Å²) >= 11 is 0. The Balaban J connectivity index is 2.32. The Morgan fingerprint density at radius 1 is 1.35 bits per heavy atom. The van der Waals surface area contributed by atoms with Crippen LogP contribution in [-0.2, 0) is 6.42 Å². The first-order valence-electron chi connectivity index (χ1n) is 5.91. The molecule has 0 bridgehead atoms. The van der Waals surface area contributed by atoms with Crippen LogP contribution in [-0.4, -0.2) is 36.9 Å². The van der Waals surface area contributed by atoms with Gasteiger partial charge < -0.3 is 4.74 Å². The second kappa shape index (κ2) is 4.15. The molecule has 0 amide bonds. The molecule has 1 aromatic carbocycles. The van der Waals surface area contributed by atoms with E-state index in [1.807, 2.05) is 51.0 Å². The average Bonchev–Trinajstić information content (AvgIpc) is 2.74. The van der Waals surface area contributed by atoms with E-state index in [2.05, 4.69) is 0 Å². The van der Waals surface area contributed by atoms with Gasteiger partial charge in [-0.1, -0.05) is 0 Å². The van der Waals surface area contributed by atoms with Gasteiger partial charge in [-0.2, -0.15) is 0 Å². The Kier molecular flexibility index (Phi) is 2.96. The summed E-state index contributed by atoms with van der Waals surface area (Å²) in [6.07, 6.45) is 0.902. The van der Waals surface area contributed by atoms with Crippen molar-refractivity contribution in [1.82, 2.24) is 4.90 Å². The summed E-state index contributed by atoms with van der Waals surface area (Å²) in [5, 5.41) is 0. The van der Waals surface area contributed by atoms with Gasteiger partial charge in [0.1, 0.15) is 5.75 Å². The molecule has 1 aliphatic heterocycles. The second-order valence-corrected chi connectivity index (χ2v) is 5.20. The average molecular weight is 233 g/mol. The highest BCUT2D eigenvalue weighted by molar-refractivity contribution is 6.02. The van der Waals surface area contributed by atoms with E-state index in [1.54, 1.807) is 0 Å². The zero-order valence-corrected chi connectivity index (χ0v) is 10.9. The monoisotopic (exact) mass is 233 g/mol. The molecule has 1 heterocycles. The normalized spacial score (nSPS) is 14.6. The molecule has 3 heteroatoms. The number of benzene rings is 1. The number of carbonyl (C=O) groups excluding carboxylic acids is 1. The molecule has 17 heavy (non-hydrogen) atoms. The maximum Gasteiger partial charge on any atom is 0.182 e. The zero-order chi connectivity index (χ0) is 12.6. The number of fused-ring (bicyclic) bond motifs is 1. The minimum Gasteiger partial charge on any atom is -0.493 e. The van der Waals surface area contributed by atoms with Crippen LogP contribution < -0.4 is 4.74 Å². The minimum atomic E-state index is -0.478. The van der Waals surface area contributed by atoms with Gasteiger partial charge in [-0.3, -0.25) is 9.69 Å². The summed E-state index contributed by atoms with van der Waals surface area (Å²) in [5.74, 6) is 1.07. The lowest BCUT2D eigenvalue weighted by Crippen LogP contribution is -2.45. The third-order valence-corrected chi connectivity index (χ3v) is 3.63. The van der Waals surface area contributed by atoms with Crippen LogP contribution in [0.3, 0.4) is 0 Å². The molecule has 0 atom stereocenters. The van der Waals surface area contributed by atoms with Crippen molar-refractivity contribution in [2.45, 2.75) is 25.8 Å². The lowest BCUT2D eigenvalue weighted by Gasteiger charge is -2.31. The lowest BCUT2D eigenvalue weighted by molar-refractivity contribution is 0.0755. The van der Waals surface area contributed by atoms with Gasteiger partial charge in [0.15, 0.2) is 5.78 Å². The maximum absolute atomic E-state index is 12.4. The van der Waals surface area contributed by atoms with Crippen molar-refractivity contribution in [3.8, 4) is 5.75 Å². The van der Waals surface area contributed by atoms with Crippen LogP contribution in [0.25, 0.3) is 0 Å². The number of ether oxygens (including phenoxy) is 1. The number of rotatable bonds is 3. The van der Waals surface area contributed by atoms with Crippen molar-refractivity contribution < 1.29 is 9.53 Å². The van der Waals surface area contributed by atoms with Gasteiger partial charge in [-0.15, -0.1) is 0 Å². The van der Waals surface area contributed by atoms with Crippen LogP contribution in [0.2, 0.25) is 0 Å². The van der Waals surface area contributed by atoms with Crippen LogP contribution in [0.15, 0.2) is 18.2 Å². The number of hydrogen-bond donors (Lipinski definition) is 0. The first-order chi connectivity index (χ1) is 7.93. The van der Waals surface area contributed by atoms with E-state index in [4.69, 9.17) is 4.74 Å². The molecule has 0 radical (unpaired) electrons. The summed E-state index contributed by atoms with van der Waals surface area (Å²) in [6, 6.07) is 5.73. The third-order valence-electron chi connectivity index (χ3n) is 3.63. The standard InChI is InChI=1S/C14H19NO2/c1-14(2,15(3)4)13(16)11-5-6-12-10(9-11)7-8-17-12/h5-6,9H,7-8H2,1-4H3. The largest absolute Gasteiger partial charge is 0.493 e. The van der Waals surface area contributed by atoms with Gasteiger partial charge in [0.05, 0.1) is 12.1 Å². The maximum atomic E-state index is 12.4. The van der Waals surface area contributed by atoms with Gasteiger partial charge in [-0.05, 0) is 51.7 Å². The second-order valence-electron chi connectivity index (χ2n) is 5.20. The van der Waals surface area contributed by atoms with E-state index in [0.29, 0.717) is 0 Å². The Bertz CT molecular complexity index is 450. The quantitative estimate of drug-likeness (QED) is 0.749. The Hall–Kier alpha value is -1.35. The van der Waals surface area contributed by atoms with Crippen molar-refractivity contribution in [3.63, 3.8) is 0 Å². The molecule has 92 valence electrons. The van der Waals surface area contributed by atoms with Crippen molar-refractivity contribution in [2.24, 2.45) is 0 Å². The number of likely N-dealkylation sites (N-methyl/N-ethyl adjacent to an activating group) is 1. The predicted molar refractivity (Wildman–Crippen MR) is 67.7 cm³/mol. The molecule has 1 aliphatic rings. The van der Waals surface area contributed by atoms with Crippen molar-refractivity contribution >= 4 is 5.78 Å². The first kappa shape index (κ1) is 12.1. The lowest BCUT2D eigenvalue weighted by atomic mass is 9.91. The molecule has 2 rings (SSSR count). The summed E-state index contributed by atoms with van der Waals surface area (Å²) in [5.41, 5.74) is 1.44. The van der Waals surface area contributed by atoms with Gasteiger partial charge in [-0.25, -0.2) is 0 Å². The van der Waals surface area contributed by atoms with Crippen molar-refractivity contribution in [3.05, 3.63) is 29.3 Å². The fraction of sp³-hybridized carbons (Fsp3) is 0.500. The molecule has 0 N–H and O–H groups in total. The molecule has 0 saturated carbocycles. The SMILES string of the molecule is CN(C)C(C)(C)C(=O)c1ccc2c(c1)CCO2. The van der Waals surface area contributed by atoms with Crippen molar-refractivity contribution in [2.75, 3.05) is 20.7 Å². The molecule has 0 aliphatic carbocycles. The summed E-state index contributed by atoms with van der Waals surface area (Å²) < 4.78 is 5.44. The Morgan fingerprint density at radius 3 is 2.71 bits per heavy atom. The smallest absolute Gasteiger partial charge is 0.182 e. The number of carbonyl (C=O) groups is 1. The van der Waals surface area contributed by atoms with E-state index >= 15 is 0 Å². The molecule has 0 fully saturated rings. The number of Topliss-reactive ketones (excluding diaryl/α,β-unsaturated/α-hetero) is 1. The molecule has 1 aromatic rings. The van der Waals surface area contributed by atoms with E-state index in [0.717, 1.165) is 29.9 Å². The highest BCUT2D eigenvalue weighted by Gasteiger charge is 2.31.